The molecule has 8 heteroatoms. The first-order valence-corrected chi connectivity index (χ1v) is 10.5. The van der Waals surface area contributed by atoms with E-state index in [9.17, 15) is 4.79 Å². The molecule has 0 unspecified atom stereocenters. The molecule has 0 radical (unpaired) electrons. The summed E-state index contributed by atoms with van der Waals surface area (Å²) in [6.07, 6.45) is 0. The summed E-state index contributed by atoms with van der Waals surface area (Å²) in [6.45, 7) is 1.89. The van der Waals surface area contributed by atoms with Gasteiger partial charge in [0.15, 0.2) is 0 Å². The average molecular weight is 451 g/mol. The number of nitrogens with zero attached hydrogens (tertiary/aromatic N) is 3. The van der Waals surface area contributed by atoms with Gasteiger partial charge in [-0.3, -0.25) is 4.79 Å². The van der Waals surface area contributed by atoms with E-state index in [4.69, 9.17) is 10.00 Å². The normalized spacial score (nSPS) is 10.1. The monoisotopic (exact) mass is 450 g/mol. The first-order valence-electron chi connectivity index (χ1n) is 10.5. The maximum atomic E-state index is 12.4. The molecule has 3 aromatic carbocycles. The van der Waals surface area contributed by atoms with Crippen molar-refractivity contribution in [1.29, 1.82) is 5.26 Å². The maximum absolute atomic E-state index is 12.4. The molecule has 0 spiro atoms. The summed E-state index contributed by atoms with van der Waals surface area (Å²) in [5.74, 6) is 1.60. The van der Waals surface area contributed by atoms with Gasteiger partial charge in [0.05, 0.1) is 18.7 Å². The molecule has 3 N–H and O–H groups in total. The van der Waals surface area contributed by atoms with E-state index in [1.165, 1.54) is 0 Å². The van der Waals surface area contributed by atoms with E-state index in [2.05, 4.69) is 25.9 Å². The zero-order valence-electron chi connectivity index (χ0n) is 18.7. The third-order valence-corrected chi connectivity index (χ3v) is 4.87. The molecule has 0 atom stereocenters. The molecule has 168 valence electrons. The third kappa shape index (κ3) is 5.66. The van der Waals surface area contributed by atoms with Crippen molar-refractivity contribution < 1.29 is 9.53 Å². The molecule has 0 aliphatic carbocycles. The topological polar surface area (TPSA) is 112 Å². The highest BCUT2D eigenvalue weighted by Crippen LogP contribution is 2.22. The molecular formula is C26H22N6O2. The fraction of sp³-hybridized carbons (Fsp3) is 0.0769. The lowest BCUT2D eigenvalue weighted by Gasteiger charge is -2.11. The molecular weight excluding hydrogens is 428 g/mol. The molecule has 34 heavy (non-hydrogen) atoms. The van der Waals surface area contributed by atoms with E-state index >= 15 is 0 Å². The average Bonchev–Trinajstić information content (AvgIpc) is 2.85. The van der Waals surface area contributed by atoms with Crippen LogP contribution in [0.2, 0.25) is 0 Å². The number of anilines is 5. The standard InChI is InChI=1S/C26H22N6O2/c1-17-14-24(29-20-10-12-23(34-2)13-11-20)32-26(28-17)31-22-8-6-21(7-9-22)30-25(33)19-5-3-4-18(15-19)16-27/h3-15H,1-2H3,(H,30,33)(H2,28,29,31,32). The second-order valence-electron chi connectivity index (χ2n) is 7.42. The van der Waals surface area contributed by atoms with Gasteiger partial charge in [-0.15, -0.1) is 0 Å². The van der Waals surface area contributed by atoms with Crippen molar-refractivity contribution in [3.63, 3.8) is 0 Å². The summed E-state index contributed by atoms with van der Waals surface area (Å²) in [5, 5.41) is 18.3. The Balaban J connectivity index is 1.42. The first-order chi connectivity index (χ1) is 16.5. The van der Waals surface area contributed by atoms with Crippen molar-refractivity contribution >= 4 is 34.7 Å². The number of hydrogen-bond acceptors (Lipinski definition) is 7. The second kappa shape index (κ2) is 10.1. The van der Waals surface area contributed by atoms with Crippen molar-refractivity contribution in [2.45, 2.75) is 6.92 Å². The Kier molecular flexibility index (Phi) is 6.65. The highest BCUT2D eigenvalue weighted by Gasteiger charge is 2.08. The van der Waals surface area contributed by atoms with Crippen LogP contribution in [0.15, 0.2) is 78.9 Å². The number of nitrogens with one attached hydrogen (secondary N) is 3. The number of carbonyl (C=O) groups excluding carboxylic acids is 1. The third-order valence-electron chi connectivity index (χ3n) is 4.87. The Hall–Kier alpha value is -4.90. The van der Waals surface area contributed by atoms with Gasteiger partial charge in [-0.25, -0.2) is 4.98 Å². The van der Waals surface area contributed by atoms with Gasteiger partial charge in [-0.05, 0) is 73.7 Å². The number of nitriles is 1. The van der Waals surface area contributed by atoms with Crippen LogP contribution in [0, 0.1) is 18.3 Å². The van der Waals surface area contributed by atoms with E-state index in [0.717, 1.165) is 22.8 Å². The van der Waals surface area contributed by atoms with Crippen molar-refractivity contribution in [1.82, 2.24) is 9.97 Å². The molecule has 1 heterocycles. The minimum atomic E-state index is -0.283. The fourth-order valence-corrected chi connectivity index (χ4v) is 3.21. The van der Waals surface area contributed by atoms with E-state index in [1.54, 1.807) is 43.5 Å². The lowest BCUT2D eigenvalue weighted by atomic mass is 10.1. The molecule has 0 aliphatic rings. The van der Waals surface area contributed by atoms with Gasteiger partial charge in [0.2, 0.25) is 5.95 Å². The molecule has 0 bridgehead atoms. The summed E-state index contributed by atoms with van der Waals surface area (Å²) in [7, 11) is 1.63. The van der Waals surface area contributed by atoms with Crippen LogP contribution >= 0.6 is 0 Å². The molecule has 4 aromatic rings. The Morgan fingerprint density at radius 2 is 1.56 bits per heavy atom. The molecule has 0 saturated heterocycles. The van der Waals surface area contributed by atoms with Crippen LogP contribution in [0.3, 0.4) is 0 Å². The summed E-state index contributed by atoms with van der Waals surface area (Å²) in [5.41, 5.74) is 3.94. The van der Waals surface area contributed by atoms with Crippen LogP contribution in [-0.2, 0) is 0 Å². The number of aromatic nitrogens is 2. The minimum Gasteiger partial charge on any atom is -0.497 e. The van der Waals surface area contributed by atoms with Crippen LogP contribution in [0.5, 0.6) is 5.75 Å². The number of benzene rings is 3. The number of hydrogen-bond donors (Lipinski definition) is 3. The van der Waals surface area contributed by atoms with E-state index in [1.807, 2.05) is 55.5 Å². The molecule has 0 fully saturated rings. The summed E-state index contributed by atoms with van der Waals surface area (Å²) < 4.78 is 5.19. The minimum absolute atomic E-state index is 0.283. The predicted octanol–water partition coefficient (Wildman–Crippen LogP) is 5.40. The number of methoxy groups -OCH3 is 1. The Morgan fingerprint density at radius 3 is 2.26 bits per heavy atom. The number of ether oxygens (including phenoxy) is 1. The Morgan fingerprint density at radius 1 is 0.882 bits per heavy atom. The zero-order chi connectivity index (χ0) is 23.9. The van der Waals surface area contributed by atoms with Crippen LogP contribution in [0.25, 0.3) is 0 Å². The second-order valence-corrected chi connectivity index (χ2v) is 7.42. The number of rotatable bonds is 7. The van der Waals surface area contributed by atoms with Crippen LogP contribution < -0.4 is 20.7 Å². The summed E-state index contributed by atoms with van der Waals surface area (Å²) in [6, 6.07) is 25.2. The summed E-state index contributed by atoms with van der Waals surface area (Å²) >= 11 is 0. The fourth-order valence-electron chi connectivity index (χ4n) is 3.21. The molecule has 4 rings (SSSR count). The van der Waals surface area contributed by atoms with Crippen LogP contribution in [0.1, 0.15) is 21.6 Å². The molecule has 1 amide bonds. The SMILES string of the molecule is COc1ccc(Nc2cc(C)nc(Nc3ccc(NC(=O)c4cccc(C#N)c4)cc3)n2)cc1. The highest BCUT2D eigenvalue weighted by molar-refractivity contribution is 6.04. The van der Waals surface area contributed by atoms with Gasteiger partial charge in [0, 0.05) is 34.4 Å². The van der Waals surface area contributed by atoms with Gasteiger partial charge in [-0.2, -0.15) is 10.2 Å². The van der Waals surface area contributed by atoms with Crippen molar-refractivity contribution in [3.05, 3.63) is 95.7 Å². The molecule has 8 nitrogen and oxygen atoms in total. The van der Waals surface area contributed by atoms with Gasteiger partial charge < -0.3 is 20.7 Å². The van der Waals surface area contributed by atoms with Gasteiger partial charge in [0.1, 0.15) is 11.6 Å². The van der Waals surface area contributed by atoms with Gasteiger partial charge in [0.25, 0.3) is 5.91 Å². The molecule has 1 aromatic heterocycles. The van der Waals surface area contributed by atoms with Crippen LogP contribution in [-0.4, -0.2) is 23.0 Å². The smallest absolute Gasteiger partial charge is 0.255 e. The van der Waals surface area contributed by atoms with E-state index < -0.39 is 0 Å². The lowest BCUT2D eigenvalue weighted by Crippen LogP contribution is -2.12. The molecule has 0 aliphatic heterocycles. The zero-order valence-corrected chi connectivity index (χ0v) is 18.7. The van der Waals surface area contributed by atoms with Crippen LogP contribution in [0.4, 0.5) is 28.8 Å². The van der Waals surface area contributed by atoms with E-state index in [0.29, 0.717) is 28.6 Å². The Labute approximate surface area is 197 Å². The van der Waals surface area contributed by atoms with Gasteiger partial charge >= 0.3 is 0 Å². The van der Waals surface area contributed by atoms with Gasteiger partial charge in [-0.1, -0.05) is 6.07 Å². The first kappa shape index (κ1) is 22.3. The van der Waals surface area contributed by atoms with Crippen molar-refractivity contribution in [2.24, 2.45) is 0 Å². The number of carbonyl (C=O) groups is 1. The Bertz CT molecular complexity index is 1350. The highest BCUT2D eigenvalue weighted by atomic mass is 16.5. The largest absolute Gasteiger partial charge is 0.497 e. The number of amides is 1. The maximum Gasteiger partial charge on any atom is 0.255 e. The summed E-state index contributed by atoms with van der Waals surface area (Å²) in [4.78, 5) is 21.4. The van der Waals surface area contributed by atoms with Crippen molar-refractivity contribution in [3.8, 4) is 11.8 Å². The molecule has 0 saturated carbocycles. The number of aryl methyl sites for hydroxylation is 1. The lowest BCUT2D eigenvalue weighted by molar-refractivity contribution is 0.102. The van der Waals surface area contributed by atoms with Crippen molar-refractivity contribution in [2.75, 3.05) is 23.1 Å². The predicted molar refractivity (Wildman–Crippen MR) is 132 cm³/mol. The quantitative estimate of drug-likeness (QED) is 0.345. The van der Waals surface area contributed by atoms with E-state index in [-0.39, 0.29) is 5.91 Å².